The number of hydrogen-bond acceptors (Lipinski definition) is 4. The molecule has 1 aromatic carbocycles. The molecule has 0 radical (unpaired) electrons. The smallest absolute Gasteiger partial charge is 0.269 e. The second-order valence-corrected chi connectivity index (χ2v) is 4.40. The Morgan fingerprint density at radius 3 is 2.11 bits per heavy atom. The number of carboxylic acids is 1. The number of anilines is 1. The second-order valence-electron chi connectivity index (χ2n) is 4.40. The molecule has 1 saturated heterocycles. The molecule has 0 atom stereocenters. The van der Waals surface area contributed by atoms with Gasteiger partial charge in [-0.15, -0.1) is 0 Å². The fourth-order valence-corrected chi connectivity index (χ4v) is 2.05. The van der Waals surface area contributed by atoms with Gasteiger partial charge >= 0.3 is 0 Å². The van der Waals surface area contributed by atoms with Crippen LogP contribution >= 0.6 is 0 Å². The van der Waals surface area contributed by atoms with Crippen molar-refractivity contribution >= 4 is 17.6 Å². The summed E-state index contributed by atoms with van der Waals surface area (Å²) in [5.74, 6) is -2.54. The number of piperazine rings is 1. The first kappa shape index (κ1) is 12.4. The first-order valence-corrected chi connectivity index (χ1v) is 5.90. The predicted molar refractivity (Wildman–Crippen MR) is 65.0 cm³/mol. The fraction of sp³-hybridized carbons (Fsp3) is 0.385. The van der Waals surface area contributed by atoms with Gasteiger partial charge in [0, 0.05) is 31.9 Å². The number of aryl methyl sites for hydroxylation is 1. The van der Waals surface area contributed by atoms with E-state index in [0.29, 0.717) is 26.2 Å². The maximum atomic E-state index is 11.2. The molecule has 0 saturated carbocycles. The minimum absolute atomic E-state index is 0.417. The second kappa shape index (κ2) is 5.08. The van der Waals surface area contributed by atoms with Crippen molar-refractivity contribution in [3.05, 3.63) is 29.8 Å². The molecule has 1 amide bonds. The van der Waals surface area contributed by atoms with Crippen molar-refractivity contribution in [2.45, 2.75) is 6.92 Å². The van der Waals surface area contributed by atoms with Crippen LogP contribution in [0.4, 0.5) is 5.69 Å². The molecule has 1 aromatic rings. The molecule has 5 heteroatoms. The summed E-state index contributed by atoms with van der Waals surface area (Å²) < 4.78 is 0. The van der Waals surface area contributed by atoms with Crippen LogP contribution in [-0.2, 0) is 9.59 Å². The van der Waals surface area contributed by atoms with Crippen LogP contribution < -0.4 is 10.0 Å². The fourth-order valence-electron chi connectivity index (χ4n) is 2.05. The largest absolute Gasteiger partial charge is 0.540 e. The number of rotatable bonds is 1. The van der Waals surface area contributed by atoms with Crippen molar-refractivity contribution < 1.29 is 14.7 Å². The van der Waals surface area contributed by atoms with Crippen LogP contribution in [-0.4, -0.2) is 43.0 Å². The molecule has 0 N–H and O–H groups in total. The molecule has 1 aliphatic rings. The summed E-state index contributed by atoms with van der Waals surface area (Å²) in [6.07, 6.45) is 0. The van der Waals surface area contributed by atoms with E-state index in [4.69, 9.17) is 0 Å². The van der Waals surface area contributed by atoms with Gasteiger partial charge in [-0.3, -0.25) is 4.79 Å². The van der Waals surface area contributed by atoms with Gasteiger partial charge in [-0.25, -0.2) is 0 Å². The maximum absolute atomic E-state index is 11.2. The van der Waals surface area contributed by atoms with Gasteiger partial charge < -0.3 is 19.7 Å². The zero-order valence-corrected chi connectivity index (χ0v) is 10.3. The molecule has 0 aliphatic carbocycles. The molecule has 1 aliphatic heterocycles. The zero-order chi connectivity index (χ0) is 13.1. The maximum Gasteiger partial charge on any atom is 0.269 e. The molecular weight excluding hydrogens is 232 g/mol. The van der Waals surface area contributed by atoms with Crippen molar-refractivity contribution in [1.82, 2.24) is 4.90 Å². The van der Waals surface area contributed by atoms with E-state index in [1.54, 1.807) is 0 Å². The summed E-state index contributed by atoms with van der Waals surface area (Å²) >= 11 is 0. The molecule has 1 heterocycles. The molecule has 0 spiro atoms. The number of amides is 1. The van der Waals surface area contributed by atoms with Crippen molar-refractivity contribution in [3.63, 3.8) is 0 Å². The molecule has 0 unspecified atom stereocenters. The Labute approximate surface area is 106 Å². The van der Waals surface area contributed by atoms with Gasteiger partial charge in [-0.1, -0.05) is 17.7 Å². The van der Waals surface area contributed by atoms with Crippen LogP contribution in [0, 0.1) is 6.92 Å². The van der Waals surface area contributed by atoms with Gasteiger partial charge in [-0.05, 0) is 19.1 Å². The Morgan fingerprint density at radius 1 is 1.06 bits per heavy atom. The Balaban J connectivity index is 1.96. The number of hydrogen-bond donors (Lipinski definition) is 0. The summed E-state index contributed by atoms with van der Waals surface area (Å²) in [6.45, 7) is 4.14. The van der Waals surface area contributed by atoms with Crippen LogP contribution in [0.25, 0.3) is 0 Å². The number of carboxylic acid groups (broad SMARTS) is 1. The minimum atomic E-state index is -1.63. The van der Waals surface area contributed by atoms with Crippen molar-refractivity contribution in [1.29, 1.82) is 0 Å². The van der Waals surface area contributed by atoms with Gasteiger partial charge in [0.15, 0.2) is 0 Å². The number of carbonyl (C=O) groups is 2. The lowest BCUT2D eigenvalue weighted by Gasteiger charge is -2.36. The Morgan fingerprint density at radius 2 is 1.61 bits per heavy atom. The van der Waals surface area contributed by atoms with Crippen LogP contribution in [0.1, 0.15) is 5.56 Å². The lowest BCUT2D eigenvalue weighted by atomic mass is 10.2. The Bertz CT molecular complexity index is 448. The van der Waals surface area contributed by atoms with E-state index in [0.717, 1.165) is 5.69 Å². The molecular formula is C13H15N2O3-. The monoisotopic (exact) mass is 247 g/mol. The van der Waals surface area contributed by atoms with Gasteiger partial charge in [-0.2, -0.15) is 0 Å². The van der Waals surface area contributed by atoms with E-state index in [1.807, 2.05) is 31.2 Å². The highest BCUT2D eigenvalue weighted by atomic mass is 16.4. The topological polar surface area (TPSA) is 63.7 Å². The van der Waals surface area contributed by atoms with Crippen LogP contribution in [0.3, 0.4) is 0 Å². The first-order valence-electron chi connectivity index (χ1n) is 5.90. The van der Waals surface area contributed by atoms with Crippen LogP contribution in [0.15, 0.2) is 24.3 Å². The molecule has 18 heavy (non-hydrogen) atoms. The third kappa shape index (κ3) is 2.61. The van der Waals surface area contributed by atoms with E-state index < -0.39 is 11.9 Å². The average Bonchev–Trinajstić information content (AvgIpc) is 2.39. The number of benzene rings is 1. The summed E-state index contributed by atoms with van der Waals surface area (Å²) in [5, 5.41) is 10.5. The SMILES string of the molecule is Cc1ccc(N2CCN(C(=O)C(=O)[O-])CC2)cc1. The normalized spacial score (nSPS) is 15.6. The van der Waals surface area contributed by atoms with E-state index in [9.17, 15) is 14.7 Å². The molecule has 2 rings (SSSR count). The molecule has 0 bridgehead atoms. The number of carbonyl (C=O) groups excluding carboxylic acids is 2. The van der Waals surface area contributed by atoms with Crippen molar-refractivity contribution in [2.75, 3.05) is 31.1 Å². The summed E-state index contributed by atoms with van der Waals surface area (Å²) in [5.41, 5.74) is 2.30. The summed E-state index contributed by atoms with van der Waals surface area (Å²) in [4.78, 5) is 25.2. The quantitative estimate of drug-likeness (QED) is 0.621. The average molecular weight is 247 g/mol. The number of aliphatic carboxylic acids is 1. The lowest BCUT2D eigenvalue weighted by molar-refractivity contribution is -0.301. The summed E-state index contributed by atoms with van der Waals surface area (Å²) in [7, 11) is 0. The lowest BCUT2D eigenvalue weighted by Crippen LogP contribution is -2.53. The molecule has 5 nitrogen and oxygen atoms in total. The predicted octanol–water partition coefficient (Wildman–Crippen LogP) is -0.606. The third-order valence-electron chi connectivity index (χ3n) is 3.14. The van der Waals surface area contributed by atoms with E-state index >= 15 is 0 Å². The zero-order valence-electron chi connectivity index (χ0n) is 10.3. The van der Waals surface area contributed by atoms with Gasteiger partial charge in [0.1, 0.15) is 5.97 Å². The van der Waals surface area contributed by atoms with E-state index in [-0.39, 0.29) is 0 Å². The highest BCUT2D eigenvalue weighted by Gasteiger charge is 2.21. The third-order valence-corrected chi connectivity index (χ3v) is 3.14. The standard InChI is InChI=1S/C13H16N2O3/c1-10-2-4-11(5-3-10)14-6-8-15(9-7-14)12(16)13(17)18/h2-5H,6-9H2,1H3,(H,17,18)/p-1. The molecule has 1 fully saturated rings. The molecule has 0 aromatic heterocycles. The van der Waals surface area contributed by atoms with E-state index in [2.05, 4.69) is 4.90 Å². The van der Waals surface area contributed by atoms with Crippen LogP contribution in [0.2, 0.25) is 0 Å². The van der Waals surface area contributed by atoms with E-state index in [1.165, 1.54) is 10.5 Å². The van der Waals surface area contributed by atoms with Crippen molar-refractivity contribution in [2.24, 2.45) is 0 Å². The van der Waals surface area contributed by atoms with Crippen LogP contribution in [0.5, 0.6) is 0 Å². The summed E-state index contributed by atoms with van der Waals surface area (Å²) in [6, 6.07) is 8.14. The Hall–Kier alpha value is -2.04. The first-order chi connectivity index (χ1) is 8.58. The van der Waals surface area contributed by atoms with Gasteiger partial charge in [0.2, 0.25) is 0 Å². The highest BCUT2D eigenvalue weighted by molar-refractivity contribution is 6.30. The molecule has 96 valence electrons. The van der Waals surface area contributed by atoms with Gasteiger partial charge in [0.25, 0.3) is 5.91 Å². The van der Waals surface area contributed by atoms with Gasteiger partial charge in [0.05, 0.1) is 0 Å². The minimum Gasteiger partial charge on any atom is -0.540 e. The Kier molecular flexibility index (Phi) is 3.50. The number of nitrogens with zero attached hydrogens (tertiary/aromatic N) is 2. The van der Waals surface area contributed by atoms with Crippen molar-refractivity contribution in [3.8, 4) is 0 Å². The highest BCUT2D eigenvalue weighted by Crippen LogP contribution is 2.16.